The van der Waals surface area contributed by atoms with Crippen molar-refractivity contribution in [2.45, 2.75) is 11.1 Å². The maximum Gasteiger partial charge on any atom is 0.417 e. The van der Waals surface area contributed by atoms with Gasteiger partial charge in [-0.25, -0.2) is 4.79 Å². The Hall–Kier alpha value is -2.90. The van der Waals surface area contributed by atoms with E-state index in [2.05, 4.69) is 0 Å². The summed E-state index contributed by atoms with van der Waals surface area (Å²) in [5.41, 5.74) is 0.587. The minimum absolute atomic E-state index is 0.113. The molecule has 0 aliphatic carbocycles. The molecule has 0 unspecified atom stereocenters. The highest BCUT2D eigenvalue weighted by molar-refractivity contribution is 7.99. The molecule has 0 aliphatic heterocycles. The number of rotatable bonds is 8. The van der Waals surface area contributed by atoms with Crippen LogP contribution in [0.25, 0.3) is 5.57 Å². The molecule has 0 aromatic heterocycles. The highest BCUT2D eigenvalue weighted by Crippen LogP contribution is 2.37. The molecule has 32 heavy (non-hydrogen) atoms. The Kier molecular flexibility index (Phi) is 7.88. The number of alkyl halides is 3. The Balaban J connectivity index is 1.86. The molecule has 3 nitrogen and oxygen atoms in total. The van der Waals surface area contributed by atoms with Crippen molar-refractivity contribution in [3.05, 3.63) is 101 Å². The van der Waals surface area contributed by atoms with Crippen LogP contribution in [-0.2, 0) is 11.0 Å². The monoisotopic (exact) mass is 478 g/mol. The van der Waals surface area contributed by atoms with Crippen molar-refractivity contribution in [3.63, 3.8) is 0 Å². The Labute approximate surface area is 192 Å². The summed E-state index contributed by atoms with van der Waals surface area (Å²) in [6.45, 7) is -0.506. The summed E-state index contributed by atoms with van der Waals surface area (Å²) < 4.78 is 45.9. The van der Waals surface area contributed by atoms with E-state index in [4.69, 9.17) is 21.4 Å². The number of carboxylic acids is 1. The van der Waals surface area contributed by atoms with Crippen molar-refractivity contribution in [1.29, 1.82) is 0 Å². The molecule has 0 heterocycles. The average molecular weight is 479 g/mol. The molecule has 166 valence electrons. The lowest BCUT2D eigenvalue weighted by Crippen LogP contribution is -2.09. The van der Waals surface area contributed by atoms with Gasteiger partial charge < -0.3 is 9.84 Å². The SMILES string of the molecule is O=C(O)COc1ccc(SCC=C(c2ccccc2)c2ccccc2C(F)(F)F)cc1Cl. The lowest BCUT2D eigenvalue weighted by atomic mass is 9.93. The molecule has 3 rings (SSSR count). The molecule has 3 aromatic rings. The third-order valence-electron chi connectivity index (χ3n) is 4.40. The zero-order valence-electron chi connectivity index (χ0n) is 16.6. The summed E-state index contributed by atoms with van der Waals surface area (Å²) in [5.74, 6) is -0.475. The minimum Gasteiger partial charge on any atom is -0.480 e. The fourth-order valence-corrected chi connectivity index (χ4v) is 4.12. The van der Waals surface area contributed by atoms with Crippen molar-refractivity contribution in [2.75, 3.05) is 12.4 Å². The number of carbonyl (C=O) groups is 1. The van der Waals surface area contributed by atoms with Gasteiger partial charge in [0.15, 0.2) is 6.61 Å². The fraction of sp³-hybridized carbons (Fsp3) is 0.125. The van der Waals surface area contributed by atoms with Gasteiger partial charge in [0.25, 0.3) is 0 Å². The summed E-state index contributed by atoms with van der Waals surface area (Å²) in [5, 5.41) is 8.95. The van der Waals surface area contributed by atoms with E-state index < -0.39 is 24.3 Å². The lowest BCUT2D eigenvalue weighted by Gasteiger charge is -2.16. The van der Waals surface area contributed by atoms with Gasteiger partial charge in [0.1, 0.15) is 5.75 Å². The highest BCUT2D eigenvalue weighted by atomic mass is 35.5. The predicted octanol–water partition coefficient (Wildman–Crippen LogP) is 7.05. The van der Waals surface area contributed by atoms with E-state index in [1.165, 1.54) is 23.9 Å². The maximum absolute atomic E-state index is 13.6. The fourth-order valence-electron chi connectivity index (χ4n) is 3.02. The lowest BCUT2D eigenvalue weighted by molar-refractivity contribution is -0.139. The molecular weight excluding hydrogens is 461 g/mol. The van der Waals surface area contributed by atoms with Gasteiger partial charge in [0.2, 0.25) is 0 Å². The van der Waals surface area contributed by atoms with Crippen molar-refractivity contribution in [2.24, 2.45) is 0 Å². The number of thioether (sulfide) groups is 1. The van der Waals surface area contributed by atoms with E-state index in [-0.39, 0.29) is 16.3 Å². The van der Waals surface area contributed by atoms with Crippen LogP contribution in [-0.4, -0.2) is 23.4 Å². The molecule has 1 N–H and O–H groups in total. The highest BCUT2D eigenvalue weighted by Gasteiger charge is 2.33. The van der Waals surface area contributed by atoms with Crippen LogP contribution in [0.1, 0.15) is 16.7 Å². The van der Waals surface area contributed by atoms with Gasteiger partial charge in [-0.3, -0.25) is 0 Å². The Morgan fingerprint density at radius 3 is 2.38 bits per heavy atom. The van der Waals surface area contributed by atoms with Crippen LogP contribution in [0.4, 0.5) is 13.2 Å². The number of halogens is 4. The van der Waals surface area contributed by atoms with Gasteiger partial charge in [-0.2, -0.15) is 13.2 Å². The van der Waals surface area contributed by atoms with Crippen LogP contribution in [0.15, 0.2) is 83.8 Å². The number of hydrogen-bond acceptors (Lipinski definition) is 3. The first-order valence-electron chi connectivity index (χ1n) is 9.45. The number of aliphatic carboxylic acids is 1. The van der Waals surface area contributed by atoms with Gasteiger partial charge in [0, 0.05) is 10.6 Å². The number of benzene rings is 3. The topological polar surface area (TPSA) is 46.5 Å². The molecule has 0 saturated heterocycles. The number of carboxylic acid groups (broad SMARTS) is 1. The van der Waals surface area contributed by atoms with Gasteiger partial charge >= 0.3 is 12.1 Å². The number of hydrogen-bond donors (Lipinski definition) is 1. The summed E-state index contributed by atoms with van der Waals surface area (Å²) in [6, 6.07) is 19.3. The third kappa shape index (κ3) is 6.31. The van der Waals surface area contributed by atoms with Crippen molar-refractivity contribution >= 4 is 34.9 Å². The van der Waals surface area contributed by atoms with E-state index in [1.54, 1.807) is 54.6 Å². The normalized spacial score (nSPS) is 11.9. The zero-order valence-corrected chi connectivity index (χ0v) is 18.2. The molecule has 0 bridgehead atoms. The van der Waals surface area contributed by atoms with E-state index in [9.17, 15) is 18.0 Å². The van der Waals surface area contributed by atoms with Crippen molar-refractivity contribution in [1.82, 2.24) is 0 Å². The Bertz CT molecular complexity index is 1110. The molecule has 0 radical (unpaired) electrons. The number of ether oxygens (including phenoxy) is 1. The standard InChI is InChI=1S/C24H18ClF3O3S/c25-21-14-17(10-11-22(21)31-15-23(29)30)32-13-12-18(16-6-2-1-3-7-16)19-8-4-5-9-20(19)24(26,27)28/h1-12,14H,13,15H2,(H,29,30). The average Bonchev–Trinajstić information content (AvgIpc) is 2.76. The second-order valence-electron chi connectivity index (χ2n) is 6.61. The summed E-state index contributed by atoms with van der Waals surface area (Å²) in [7, 11) is 0. The summed E-state index contributed by atoms with van der Waals surface area (Å²) in [6.07, 6.45) is -2.72. The first-order chi connectivity index (χ1) is 15.3. The molecular formula is C24H18ClF3O3S. The van der Waals surface area contributed by atoms with Crippen LogP contribution in [0.3, 0.4) is 0 Å². The van der Waals surface area contributed by atoms with Crippen molar-refractivity contribution in [3.8, 4) is 5.75 Å². The molecule has 3 aromatic carbocycles. The minimum atomic E-state index is -4.48. The smallest absolute Gasteiger partial charge is 0.417 e. The molecule has 0 amide bonds. The molecule has 0 spiro atoms. The summed E-state index contributed by atoms with van der Waals surface area (Å²) in [4.78, 5) is 11.4. The second kappa shape index (κ2) is 10.6. The molecule has 0 aliphatic rings. The van der Waals surface area contributed by atoms with E-state index >= 15 is 0 Å². The van der Waals surface area contributed by atoms with Crippen LogP contribution in [0, 0.1) is 0 Å². The Morgan fingerprint density at radius 1 is 1.03 bits per heavy atom. The maximum atomic E-state index is 13.6. The molecule has 8 heteroatoms. The molecule has 0 atom stereocenters. The van der Waals surface area contributed by atoms with E-state index in [0.717, 1.165) is 11.0 Å². The first-order valence-corrected chi connectivity index (χ1v) is 10.8. The largest absolute Gasteiger partial charge is 0.480 e. The van der Waals surface area contributed by atoms with Crippen LogP contribution in [0.2, 0.25) is 5.02 Å². The van der Waals surface area contributed by atoms with Gasteiger partial charge in [-0.05, 0) is 41.0 Å². The Morgan fingerprint density at radius 2 is 1.72 bits per heavy atom. The molecule has 0 saturated carbocycles. The first kappa shape index (κ1) is 23.8. The van der Waals surface area contributed by atoms with Crippen LogP contribution in [0.5, 0.6) is 5.75 Å². The van der Waals surface area contributed by atoms with Crippen LogP contribution < -0.4 is 4.74 Å². The van der Waals surface area contributed by atoms with E-state index in [1.807, 2.05) is 6.07 Å². The van der Waals surface area contributed by atoms with Gasteiger partial charge in [-0.15, -0.1) is 11.8 Å². The van der Waals surface area contributed by atoms with Gasteiger partial charge in [-0.1, -0.05) is 66.2 Å². The van der Waals surface area contributed by atoms with Gasteiger partial charge in [0.05, 0.1) is 10.6 Å². The van der Waals surface area contributed by atoms with Crippen molar-refractivity contribution < 1.29 is 27.8 Å². The zero-order chi connectivity index (χ0) is 23.1. The van der Waals surface area contributed by atoms with Crippen LogP contribution >= 0.6 is 23.4 Å². The summed E-state index contributed by atoms with van der Waals surface area (Å²) >= 11 is 7.53. The quantitative estimate of drug-likeness (QED) is 0.352. The molecule has 0 fully saturated rings. The predicted molar refractivity (Wildman–Crippen MR) is 120 cm³/mol. The van der Waals surface area contributed by atoms with E-state index in [0.29, 0.717) is 16.9 Å². The third-order valence-corrected chi connectivity index (χ3v) is 5.62. The second-order valence-corrected chi connectivity index (χ2v) is 8.11.